The first-order valence-electron chi connectivity index (χ1n) is 13.0. The molecule has 15 heteroatoms. The molecule has 2 N–H and O–H groups in total. The lowest BCUT2D eigenvalue weighted by atomic mass is 10.2. The quantitative estimate of drug-likeness (QED) is 0.145. The zero-order valence-electron chi connectivity index (χ0n) is 22.4. The van der Waals surface area contributed by atoms with Crippen molar-refractivity contribution in [3.05, 3.63) is 69.6 Å². The molecule has 2 aromatic heterocycles. The van der Waals surface area contributed by atoms with Crippen molar-refractivity contribution in [3.63, 3.8) is 0 Å². The largest absolute Gasteiger partial charge is 0.464 e. The molecule has 0 bridgehead atoms. The van der Waals surface area contributed by atoms with Gasteiger partial charge in [-0.2, -0.15) is 21.4 Å². The third-order valence-corrected chi connectivity index (χ3v) is 10.3. The lowest BCUT2D eigenvalue weighted by molar-refractivity contribution is -0.667. The van der Waals surface area contributed by atoms with Crippen LogP contribution in [0, 0.1) is 0 Å². The van der Waals surface area contributed by atoms with E-state index in [1.165, 1.54) is 11.3 Å². The number of fused-ring (bicyclic) bond motifs is 4. The van der Waals surface area contributed by atoms with E-state index in [0.717, 1.165) is 37.8 Å². The van der Waals surface area contributed by atoms with Crippen molar-refractivity contribution >= 4 is 93.4 Å². The summed E-state index contributed by atoms with van der Waals surface area (Å²) in [6.07, 6.45) is 7.70. The van der Waals surface area contributed by atoms with Crippen LogP contribution in [0.2, 0.25) is 10.0 Å². The predicted octanol–water partition coefficient (Wildman–Crippen LogP) is 6.00. The molecule has 0 unspecified atom stereocenters. The molecule has 224 valence electrons. The smallest absolute Gasteiger partial charge is 0.265 e. The van der Waals surface area contributed by atoms with E-state index in [-0.39, 0.29) is 24.3 Å². The van der Waals surface area contributed by atoms with Crippen LogP contribution in [0.4, 0.5) is 11.4 Å². The van der Waals surface area contributed by atoms with E-state index in [4.69, 9.17) is 27.6 Å². The second kappa shape index (κ2) is 12.2. The molecule has 0 saturated heterocycles. The van der Waals surface area contributed by atoms with Gasteiger partial charge >= 0.3 is 0 Å². The molecule has 2 aromatic carbocycles. The number of rotatable bonds is 11. The third kappa shape index (κ3) is 6.62. The molecule has 1 aliphatic rings. The van der Waals surface area contributed by atoms with E-state index in [0.29, 0.717) is 35.3 Å². The van der Waals surface area contributed by atoms with Gasteiger partial charge in [0.1, 0.15) is 16.1 Å². The maximum atomic E-state index is 11.4. The Kier molecular flexibility index (Phi) is 8.91. The van der Waals surface area contributed by atoms with Crippen LogP contribution in [0.3, 0.4) is 0 Å². The molecule has 5 rings (SSSR count). The van der Waals surface area contributed by atoms with Crippen LogP contribution >= 0.6 is 34.5 Å². The zero-order chi connectivity index (χ0) is 30.2. The fraction of sp³-hybridized carbons (Fsp3) is 0.296. The maximum absolute atomic E-state index is 11.4. The van der Waals surface area contributed by atoms with Crippen molar-refractivity contribution in [1.29, 1.82) is 0 Å². The Hall–Kier alpha value is -2.65. The number of benzene rings is 2. The summed E-state index contributed by atoms with van der Waals surface area (Å²) in [5, 5.41) is 2.51. The predicted molar refractivity (Wildman–Crippen MR) is 168 cm³/mol. The van der Waals surface area contributed by atoms with Crippen molar-refractivity contribution in [2.24, 2.45) is 0 Å². The Morgan fingerprint density at radius 1 is 0.976 bits per heavy atom. The summed E-state index contributed by atoms with van der Waals surface area (Å²) in [6.45, 7) is 3.23. The Balaban J connectivity index is 1.54. The van der Waals surface area contributed by atoms with Gasteiger partial charge in [0.05, 0.1) is 44.6 Å². The second-order valence-corrected chi connectivity index (χ2v) is 14.7. The minimum Gasteiger partial charge on any atom is -0.464 e. The molecule has 0 atom stereocenters. The highest BCUT2D eigenvalue weighted by atomic mass is 35.5. The Bertz CT molecular complexity index is 1930. The first kappa shape index (κ1) is 30.8. The second-order valence-electron chi connectivity index (χ2n) is 9.65. The highest BCUT2D eigenvalue weighted by molar-refractivity contribution is 7.86. The zero-order valence-corrected chi connectivity index (χ0v) is 26.4. The average Bonchev–Trinajstić information content (AvgIpc) is 3.58. The molecule has 0 radical (unpaired) electrons. The van der Waals surface area contributed by atoms with Gasteiger partial charge in [-0.1, -0.05) is 40.6 Å². The SMILES string of the molecule is CCN1/C(=C\C=C\c2sc3ccc4occc4c3[n+]2CCCS(=O)(=O)O)N(CCCS(=O)(=O)O)c2cc(Cl)c(Cl)cc21. The maximum Gasteiger partial charge on any atom is 0.265 e. The first-order valence-corrected chi connectivity index (χ1v) is 17.8. The molecule has 0 aliphatic carbocycles. The summed E-state index contributed by atoms with van der Waals surface area (Å²) < 4.78 is 72.7. The Morgan fingerprint density at radius 2 is 1.64 bits per heavy atom. The number of hydrogen-bond acceptors (Lipinski definition) is 8. The number of nitrogens with zero attached hydrogens (tertiary/aromatic N) is 3. The fourth-order valence-corrected chi connectivity index (χ4v) is 7.54. The monoisotopic (exact) mass is 672 g/mol. The molecule has 0 saturated carbocycles. The molecular formula is C27H28Cl2N3O7S3+. The lowest BCUT2D eigenvalue weighted by Crippen LogP contribution is -2.36. The molecule has 42 heavy (non-hydrogen) atoms. The van der Waals surface area contributed by atoms with Gasteiger partial charge in [-0.05, 0) is 49.8 Å². The molecule has 4 aromatic rings. The summed E-state index contributed by atoms with van der Waals surface area (Å²) >= 11 is 14.2. The summed E-state index contributed by atoms with van der Waals surface area (Å²) in [4.78, 5) is 3.98. The highest BCUT2D eigenvalue weighted by Gasteiger charge is 2.31. The molecule has 10 nitrogen and oxygen atoms in total. The number of aromatic nitrogens is 1. The number of halogens is 2. The number of hydrogen-bond donors (Lipinski definition) is 2. The van der Waals surface area contributed by atoms with Crippen LogP contribution in [0.5, 0.6) is 0 Å². The molecule has 0 fully saturated rings. The number of anilines is 2. The normalized spacial score (nSPS) is 15.2. The van der Waals surface area contributed by atoms with Gasteiger partial charge in [0.2, 0.25) is 5.52 Å². The van der Waals surface area contributed by atoms with E-state index in [1.54, 1.807) is 18.4 Å². The number of thiazole rings is 1. The van der Waals surface area contributed by atoms with Crippen LogP contribution in [0.15, 0.2) is 59.0 Å². The third-order valence-electron chi connectivity index (χ3n) is 6.84. The van der Waals surface area contributed by atoms with Gasteiger partial charge < -0.3 is 14.2 Å². The van der Waals surface area contributed by atoms with E-state index >= 15 is 0 Å². The van der Waals surface area contributed by atoms with E-state index in [1.807, 2.05) is 57.7 Å². The van der Waals surface area contributed by atoms with Crippen molar-refractivity contribution in [2.75, 3.05) is 34.4 Å². The van der Waals surface area contributed by atoms with Gasteiger partial charge in [-0.25, -0.2) is 0 Å². The van der Waals surface area contributed by atoms with E-state index in [2.05, 4.69) is 0 Å². The van der Waals surface area contributed by atoms with Gasteiger partial charge in [-0.15, -0.1) is 0 Å². The summed E-state index contributed by atoms with van der Waals surface area (Å²) in [5.41, 5.74) is 3.21. The molecule has 0 amide bonds. The summed E-state index contributed by atoms with van der Waals surface area (Å²) in [6, 6.07) is 9.23. The van der Waals surface area contributed by atoms with Gasteiger partial charge in [-0.3, -0.25) is 9.11 Å². The first-order chi connectivity index (χ1) is 19.9. The topological polar surface area (TPSA) is 132 Å². The van der Waals surface area contributed by atoms with Gasteiger partial charge in [0.25, 0.3) is 25.2 Å². The van der Waals surface area contributed by atoms with Crippen molar-refractivity contribution in [2.45, 2.75) is 26.3 Å². The number of allylic oxidation sites excluding steroid dienone is 2. The fourth-order valence-electron chi connectivity index (χ4n) is 5.12. The van der Waals surface area contributed by atoms with Crippen molar-refractivity contribution in [1.82, 2.24) is 0 Å². The molecular weight excluding hydrogens is 645 g/mol. The minimum absolute atomic E-state index is 0.182. The van der Waals surface area contributed by atoms with Gasteiger partial charge in [0, 0.05) is 25.6 Å². The highest BCUT2D eigenvalue weighted by Crippen LogP contribution is 2.45. The van der Waals surface area contributed by atoms with Crippen molar-refractivity contribution in [3.8, 4) is 0 Å². The van der Waals surface area contributed by atoms with E-state index < -0.39 is 20.2 Å². The minimum atomic E-state index is -4.13. The molecule has 0 spiro atoms. The Labute approximate surface area is 257 Å². The lowest BCUT2D eigenvalue weighted by Gasteiger charge is -2.24. The van der Waals surface area contributed by atoms with Crippen LogP contribution in [-0.4, -0.2) is 50.5 Å². The number of aryl methyl sites for hydroxylation is 1. The summed E-state index contributed by atoms with van der Waals surface area (Å²) in [5.74, 6) is 0.0244. The van der Waals surface area contributed by atoms with Crippen LogP contribution < -0.4 is 14.4 Å². The van der Waals surface area contributed by atoms with Gasteiger partial charge in [0.15, 0.2) is 6.54 Å². The van der Waals surface area contributed by atoms with Crippen LogP contribution in [-0.2, 0) is 26.8 Å². The van der Waals surface area contributed by atoms with Crippen LogP contribution in [0.25, 0.3) is 27.3 Å². The van der Waals surface area contributed by atoms with Crippen molar-refractivity contribution < 1.29 is 34.9 Å². The average molecular weight is 674 g/mol. The number of furan rings is 1. The molecule has 1 aliphatic heterocycles. The Morgan fingerprint density at radius 3 is 2.31 bits per heavy atom. The van der Waals surface area contributed by atoms with Crippen LogP contribution in [0.1, 0.15) is 24.8 Å². The standard InChI is InChI=1S/C27H27Cl2N3O7S3/c1-2-30-21-16-19(28)20(29)17-22(21)31(11-4-14-41(33,34)35)25(30)6-3-7-26-32(12-5-15-42(36,37)38)27-18-10-13-39-23(18)8-9-24(27)40-26/h3,6-10,13,16-17H,2,4-5,11-12,14-15H2,1H3,(H-,33,34,35,36,37,38)/p+1. The van der Waals surface area contributed by atoms with E-state index in [9.17, 15) is 25.9 Å². The molecule has 3 heterocycles. The summed E-state index contributed by atoms with van der Waals surface area (Å²) in [7, 11) is -8.23.